The molecule has 0 fully saturated rings. The van der Waals surface area contributed by atoms with Crippen molar-refractivity contribution in [3.05, 3.63) is 176 Å². The molecule has 7 aromatic carbocycles. The van der Waals surface area contributed by atoms with Gasteiger partial charge in [0.1, 0.15) is 0 Å². The Hall–Kier alpha value is -6.24. The molecule has 1 aromatic heterocycles. The Kier molecular flexibility index (Phi) is 6.24. The Morgan fingerprint density at radius 3 is 1.92 bits per heavy atom. The van der Waals surface area contributed by atoms with Crippen LogP contribution in [0.4, 0.5) is 51.2 Å². The van der Waals surface area contributed by atoms with E-state index in [-0.39, 0.29) is 6.71 Å². The van der Waals surface area contributed by atoms with Crippen LogP contribution in [0.25, 0.3) is 10.8 Å². The standard InChI is InChI=1S/C45H29BN4S/c1-2-16-31(17-3-1)48-37-22-8-6-20-34(37)46-35-21-7-9-23-38(35)49(32-18-13-27-47-29-32)44-43(46)40(48)28-41-45(44)51-42-26-11-10-24-39(42)50(41)36-25-12-15-30-14-4-5-19-33(30)36/h1-29H. The van der Waals surface area contributed by atoms with Crippen LogP contribution in [0.2, 0.25) is 0 Å². The molecule has 11 rings (SSSR count). The Morgan fingerprint density at radius 1 is 0.471 bits per heavy atom. The minimum Gasteiger partial charge on any atom is -0.311 e. The second kappa shape index (κ2) is 11.1. The van der Waals surface area contributed by atoms with Crippen molar-refractivity contribution in [2.24, 2.45) is 0 Å². The second-order valence-electron chi connectivity index (χ2n) is 13.2. The van der Waals surface area contributed by atoms with E-state index in [0.717, 1.165) is 22.7 Å². The van der Waals surface area contributed by atoms with E-state index in [0.29, 0.717) is 0 Å². The monoisotopic (exact) mass is 668 g/mol. The lowest BCUT2D eigenvalue weighted by Gasteiger charge is -2.46. The van der Waals surface area contributed by atoms with Crippen LogP contribution in [0.15, 0.2) is 186 Å². The van der Waals surface area contributed by atoms with Gasteiger partial charge in [0.15, 0.2) is 0 Å². The van der Waals surface area contributed by atoms with E-state index in [1.165, 1.54) is 65.4 Å². The van der Waals surface area contributed by atoms with E-state index in [1.54, 1.807) is 0 Å². The van der Waals surface area contributed by atoms with Gasteiger partial charge in [0.05, 0.1) is 39.5 Å². The van der Waals surface area contributed by atoms with Crippen LogP contribution in [0.5, 0.6) is 0 Å². The zero-order valence-corrected chi connectivity index (χ0v) is 28.3. The summed E-state index contributed by atoms with van der Waals surface area (Å²) in [5, 5.41) is 2.44. The molecule has 0 radical (unpaired) electrons. The number of rotatable bonds is 3. The molecule has 0 spiro atoms. The third kappa shape index (κ3) is 4.14. The molecule has 8 aromatic rings. The first-order chi connectivity index (χ1) is 25.3. The van der Waals surface area contributed by atoms with Gasteiger partial charge in [-0.2, -0.15) is 0 Å². The molecular formula is C45H29BN4S. The minimum atomic E-state index is 0.0457. The summed E-state index contributed by atoms with van der Waals surface area (Å²) >= 11 is 1.88. The van der Waals surface area contributed by atoms with Gasteiger partial charge in [0, 0.05) is 39.2 Å². The van der Waals surface area contributed by atoms with Gasteiger partial charge in [-0.05, 0) is 82.4 Å². The first-order valence-electron chi connectivity index (χ1n) is 17.3. The van der Waals surface area contributed by atoms with Crippen molar-refractivity contribution in [2.75, 3.05) is 14.7 Å². The molecule has 3 aliphatic heterocycles. The second-order valence-corrected chi connectivity index (χ2v) is 14.2. The maximum absolute atomic E-state index is 4.66. The number of hydrogen-bond donors (Lipinski definition) is 0. The maximum Gasteiger partial charge on any atom is 0.252 e. The van der Waals surface area contributed by atoms with E-state index in [1.807, 2.05) is 30.2 Å². The van der Waals surface area contributed by atoms with Crippen LogP contribution in [0, 0.1) is 0 Å². The molecule has 0 bridgehead atoms. The summed E-state index contributed by atoms with van der Waals surface area (Å²) in [7, 11) is 0. The Bertz CT molecular complexity index is 2650. The average Bonchev–Trinajstić information content (AvgIpc) is 3.20. The van der Waals surface area contributed by atoms with Gasteiger partial charge in [0.25, 0.3) is 6.71 Å². The Labute approximate surface area is 301 Å². The van der Waals surface area contributed by atoms with E-state index >= 15 is 0 Å². The molecule has 238 valence electrons. The summed E-state index contributed by atoms with van der Waals surface area (Å²) < 4.78 is 0. The minimum absolute atomic E-state index is 0.0457. The van der Waals surface area contributed by atoms with Crippen molar-refractivity contribution >= 4 is 96.8 Å². The van der Waals surface area contributed by atoms with Crippen LogP contribution in [0.3, 0.4) is 0 Å². The van der Waals surface area contributed by atoms with Gasteiger partial charge in [-0.1, -0.05) is 115 Å². The van der Waals surface area contributed by atoms with E-state index in [9.17, 15) is 0 Å². The van der Waals surface area contributed by atoms with Crippen molar-refractivity contribution in [1.29, 1.82) is 0 Å². The van der Waals surface area contributed by atoms with Gasteiger partial charge in [0.2, 0.25) is 0 Å². The van der Waals surface area contributed by atoms with Crippen LogP contribution in [-0.4, -0.2) is 11.7 Å². The number of pyridine rings is 1. The number of hydrogen-bond acceptors (Lipinski definition) is 5. The molecule has 3 aliphatic rings. The number of benzene rings is 7. The average molecular weight is 669 g/mol. The van der Waals surface area contributed by atoms with Crippen LogP contribution < -0.4 is 31.1 Å². The highest BCUT2D eigenvalue weighted by atomic mass is 32.2. The zero-order chi connectivity index (χ0) is 33.5. The predicted octanol–water partition coefficient (Wildman–Crippen LogP) is 10.3. The number of nitrogens with zero attached hydrogens (tertiary/aromatic N) is 4. The summed E-state index contributed by atoms with van der Waals surface area (Å²) in [6.45, 7) is 0.0457. The first-order valence-corrected chi connectivity index (χ1v) is 18.2. The molecule has 0 aliphatic carbocycles. The SMILES string of the molecule is c1ccc(N2c3ccccc3B3c4ccccc4N(c4cccnc4)c4c5c(cc2c43)N(c2cccc3ccccc23)c2ccccc2S5)cc1. The quantitative estimate of drug-likeness (QED) is 0.174. The summed E-state index contributed by atoms with van der Waals surface area (Å²) in [4.78, 5) is 14.6. The van der Waals surface area contributed by atoms with Crippen molar-refractivity contribution in [3.8, 4) is 0 Å². The fourth-order valence-corrected chi connectivity index (χ4v) is 9.62. The maximum atomic E-state index is 4.66. The van der Waals surface area contributed by atoms with Gasteiger partial charge in [-0.15, -0.1) is 0 Å². The van der Waals surface area contributed by atoms with Gasteiger partial charge < -0.3 is 14.7 Å². The van der Waals surface area contributed by atoms with Gasteiger partial charge in [-0.25, -0.2) is 0 Å². The predicted molar refractivity (Wildman–Crippen MR) is 215 cm³/mol. The summed E-state index contributed by atoms with van der Waals surface area (Å²) in [5.41, 5.74) is 14.4. The molecule has 4 nitrogen and oxygen atoms in total. The van der Waals surface area contributed by atoms with E-state index in [4.69, 9.17) is 0 Å². The Morgan fingerprint density at radius 2 is 1.12 bits per heavy atom. The largest absolute Gasteiger partial charge is 0.311 e. The first kappa shape index (κ1) is 28.6. The topological polar surface area (TPSA) is 22.6 Å². The molecule has 0 atom stereocenters. The van der Waals surface area contributed by atoms with Crippen molar-refractivity contribution < 1.29 is 0 Å². The summed E-state index contributed by atoms with van der Waals surface area (Å²) in [6, 6.07) is 59.7. The Balaban J connectivity index is 1.32. The van der Waals surface area contributed by atoms with Crippen LogP contribution >= 0.6 is 11.8 Å². The zero-order valence-electron chi connectivity index (χ0n) is 27.5. The van der Waals surface area contributed by atoms with E-state index < -0.39 is 0 Å². The van der Waals surface area contributed by atoms with Gasteiger partial charge >= 0.3 is 0 Å². The highest BCUT2D eigenvalue weighted by Gasteiger charge is 2.46. The highest BCUT2D eigenvalue weighted by molar-refractivity contribution is 8.00. The molecule has 0 N–H and O–H groups in total. The highest BCUT2D eigenvalue weighted by Crippen LogP contribution is 2.59. The number of fused-ring (bicyclic) bond motifs is 8. The fraction of sp³-hybridized carbons (Fsp3) is 0. The number of para-hydroxylation sites is 4. The lowest BCUT2D eigenvalue weighted by Crippen LogP contribution is -2.61. The molecule has 4 heterocycles. The third-order valence-electron chi connectivity index (χ3n) is 10.5. The van der Waals surface area contributed by atoms with Crippen molar-refractivity contribution in [3.63, 3.8) is 0 Å². The number of aromatic nitrogens is 1. The van der Waals surface area contributed by atoms with Crippen LogP contribution in [-0.2, 0) is 0 Å². The lowest BCUT2D eigenvalue weighted by molar-refractivity contribution is 1.13. The molecule has 0 amide bonds. The normalized spacial score (nSPS) is 13.6. The molecule has 0 unspecified atom stereocenters. The molecule has 51 heavy (non-hydrogen) atoms. The summed E-state index contributed by atoms with van der Waals surface area (Å²) in [5.74, 6) is 0. The van der Waals surface area contributed by atoms with E-state index in [2.05, 4.69) is 177 Å². The van der Waals surface area contributed by atoms with Crippen molar-refractivity contribution in [2.45, 2.75) is 9.79 Å². The van der Waals surface area contributed by atoms with Crippen LogP contribution in [0.1, 0.15) is 0 Å². The molecule has 0 saturated heterocycles. The molecule has 6 heteroatoms. The summed E-state index contributed by atoms with van der Waals surface area (Å²) in [6.07, 6.45) is 3.86. The number of anilines is 9. The molecular weight excluding hydrogens is 639 g/mol. The van der Waals surface area contributed by atoms with Gasteiger partial charge in [-0.3, -0.25) is 4.98 Å². The smallest absolute Gasteiger partial charge is 0.252 e. The molecule has 0 saturated carbocycles. The fourth-order valence-electron chi connectivity index (χ4n) is 8.44. The lowest BCUT2D eigenvalue weighted by atomic mass is 9.33. The third-order valence-corrected chi connectivity index (χ3v) is 11.6. The van der Waals surface area contributed by atoms with Crippen molar-refractivity contribution in [1.82, 2.24) is 4.98 Å².